The first-order valence-electron chi connectivity index (χ1n) is 8.69. The maximum absolute atomic E-state index is 12.4. The molecule has 5 nitrogen and oxygen atoms in total. The second-order valence-corrected chi connectivity index (χ2v) is 6.81. The van der Waals surface area contributed by atoms with Crippen molar-refractivity contribution < 1.29 is 14.3 Å². The first-order chi connectivity index (χ1) is 11.2. The third kappa shape index (κ3) is 3.02. The van der Waals surface area contributed by atoms with Crippen molar-refractivity contribution in [2.75, 3.05) is 13.2 Å². The summed E-state index contributed by atoms with van der Waals surface area (Å²) in [5, 5.41) is 2.93. The molecule has 1 saturated heterocycles. The van der Waals surface area contributed by atoms with E-state index in [0.717, 1.165) is 62.0 Å². The van der Waals surface area contributed by atoms with Crippen molar-refractivity contribution in [2.45, 2.75) is 57.0 Å². The molecule has 1 aromatic heterocycles. The van der Waals surface area contributed by atoms with E-state index >= 15 is 0 Å². The number of pyridine rings is 1. The Morgan fingerprint density at radius 1 is 1.26 bits per heavy atom. The second-order valence-electron chi connectivity index (χ2n) is 6.81. The SMILES string of the molecule is O=C(NC[C@H]1CCCO1)c1cc(C2CC2)c2c(n1)CCCC2=O. The van der Waals surface area contributed by atoms with E-state index in [0.29, 0.717) is 24.6 Å². The molecule has 0 unspecified atom stereocenters. The number of aromatic nitrogens is 1. The van der Waals surface area contributed by atoms with E-state index in [1.54, 1.807) is 0 Å². The van der Waals surface area contributed by atoms with Gasteiger partial charge in [-0.15, -0.1) is 0 Å². The zero-order chi connectivity index (χ0) is 15.8. The number of hydrogen-bond acceptors (Lipinski definition) is 4. The number of nitrogens with zero attached hydrogens (tertiary/aromatic N) is 1. The number of fused-ring (bicyclic) bond motifs is 1. The largest absolute Gasteiger partial charge is 0.376 e. The lowest BCUT2D eigenvalue weighted by Crippen LogP contribution is -2.33. The molecule has 1 saturated carbocycles. The number of nitrogens with one attached hydrogen (secondary N) is 1. The Labute approximate surface area is 135 Å². The zero-order valence-electron chi connectivity index (χ0n) is 13.3. The van der Waals surface area contributed by atoms with Crippen LogP contribution in [0.3, 0.4) is 0 Å². The minimum atomic E-state index is -0.150. The van der Waals surface area contributed by atoms with Crippen LogP contribution in [0.15, 0.2) is 6.07 Å². The van der Waals surface area contributed by atoms with Crippen molar-refractivity contribution >= 4 is 11.7 Å². The minimum Gasteiger partial charge on any atom is -0.376 e. The van der Waals surface area contributed by atoms with E-state index < -0.39 is 0 Å². The van der Waals surface area contributed by atoms with Crippen molar-refractivity contribution in [1.29, 1.82) is 0 Å². The number of carbonyl (C=O) groups excluding carboxylic acids is 2. The molecule has 0 bridgehead atoms. The fourth-order valence-electron chi connectivity index (χ4n) is 3.60. The third-order valence-electron chi connectivity index (χ3n) is 4.99. The van der Waals surface area contributed by atoms with Gasteiger partial charge in [0.2, 0.25) is 0 Å². The Morgan fingerprint density at radius 3 is 2.87 bits per heavy atom. The number of ether oxygens (including phenoxy) is 1. The summed E-state index contributed by atoms with van der Waals surface area (Å²) in [6.07, 6.45) is 6.66. The monoisotopic (exact) mass is 314 g/mol. The standard InChI is InChI=1S/C18H22N2O3/c21-16-5-1-4-14-17(16)13(11-6-7-11)9-15(20-14)18(22)19-10-12-3-2-8-23-12/h9,11-12H,1-8,10H2,(H,19,22)/t12-/m1/s1. The zero-order valence-corrected chi connectivity index (χ0v) is 13.3. The Morgan fingerprint density at radius 2 is 2.13 bits per heavy atom. The van der Waals surface area contributed by atoms with Gasteiger partial charge in [-0.25, -0.2) is 4.98 Å². The maximum atomic E-state index is 12.4. The predicted octanol–water partition coefficient (Wildman–Crippen LogP) is 2.39. The van der Waals surface area contributed by atoms with Gasteiger partial charge in [0.1, 0.15) is 5.69 Å². The molecular weight excluding hydrogens is 292 g/mol. The molecule has 1 atom stereocenters. The van der Waals surface area contributed by atoms with Crippen LogP contribution >= 0.6 is 0 Å². The number of rotatable bonds is 4. The average molecular weight is 314 g/mol. The molecule has 0 aromatic carbocycles. The van der Waals surface area contributed by atoms with Crippen molar-refractivity contribution in [3.63, 3.8) is 0 Å². The highest BCUT2D eigenvalue weighted by molar-refractivity contribution is 6.01. The van der Waals surface area contributed by atoms with Crippen LogP contribution in [-0.2, 0) is 11.2 Å². The van der Waals surface area contributed by atoms with E-state index in [-0.39, 0.29) is 17.8 Å². The molecular formula is C18H22N2O3. The smallest absolute Gasteiger partial charge is 0.269 e. The van der Waals surface area contributed by atoms with Gasteiger partial charge in [0, 0.05) is 25.1 Å². The van der Waals surface area contributed by atoms with E-state index in [1.807, 2.05) is 6.07 Å². The lowest BCUT2D eigenvalue weighted by atomic mass is 9.88. The van der Waals surface area contributed by atoms with Crippen LogP contribution in [0.1, 0.15) is 76.5 Å². The summed E-state index contributed by atoms with van der Waals surface area (Å²) in [4.78, 5) is 29.2. The Balaban J connectivity index is 1.57. The minimum absolute atomic E-state index is 0.126. The van der Waals surface area contributed by atoms with Gasteiger partial charge in [-0.05, 0) is 56.1 Å². The fraction of sp³-hybridized carbons (Fsp3) is 0.611. The van der Waals surface area contributed by atoms with Gasteiger partial charge in [-0.2, -0.15) is 0 Å². The molecule has 1 aliphatic heterocycles. The van der Waals surface area contributed by atoms with Gasteiger partial charge in [0.05, 0.1) is 11.8 Å². The topological polar surface area (TPSA) is 68.3 Å². The summed E-state index contributed by atoms with van der Waals surface area (Å²) in [7, 11) is 0. The first-order valence-corrected chi connectivity index (χ1v) is 8.69. The second kappa shape index (κ2) is 6.04. The maximum Gasteiger partial charge on any atom is 0.269 e. The molecule has 23 heavy (non-hydrogen) atoms. The molecule has 1 N–H and O–H groups in total. The molecule has 4 rings (SSSR count). The average Bonchev–Trinajstić information content (AvgIpc) is 3.28. The van der Waals surface area contributed by atoms with Gasteiger partial charge in [0.25, 0.3) is 5.91 Å². The van der Waals surface area contributed by atoms with Crippen molar-refractivity contribution in [3.05, 3.63) is 28.6 Å². The highest BCUT2D eigenvalue weighted by Gasteiger charge is 2.33. The first kappa shape index (κ1) is 14.8. The van der Waals surface area contributed by atoms with Gasteiger partial charge in [0.15, 0.2) is 5.78 Å². The Kier molecular flexibility index (Phi) is 3.89. The number of hydrogen-bond donors (Lipinski definition) is 1. The fourth-order valence-corrected chi connectivity index (χ4v) is 3.60. The van der Waals surface area contributed by atoms with E-state index in [2.05, 4.69) is 10.3 Å². The lowest BCUT2D eigenvalue weighted by molar-refractivity contribution is 0.0852. The quantitative estimate of drug-likeness (QED) is 0.926. The van der Waals surface area contributed by atoms with Crippen molar-refractivity contribution in [3.8, 4) is 0 Å². The molecule has 3 aliphatic rings. The summed E-state index contributed by atoms with van der Waals surface area (Å²) in [6.45, 7) is 1.32. The summed E-state index contributed by atoms with van der Waals surface area (Å²) in [5.41, 5.74) is 3.16. The number of aryl methyl sites for hydroxylation is 1. The molecule has 1 amide bonds. The van der Waals surface area contributed by atoms with E-state index in [4.69, 9.17) is 4.74 Å². The number of Topliss-reactive ketones (excluding diaryl/α,β-unsaturated/α-hetero) is 1. The lowest BCUT2D eigenvalue weighted by Gasteiger charge is -2.19. The van der Waals surface area contributed by atoms with Crippen LogP contribution in [0.5, 0.6) is 0 Å². The molecule has 2 aliphatic carbocycles. The van der Waals surface area contributed by atoms with Gasteiger partial charge in [-0.3, -0.25) is 9.59 Å². The van der Waals surface area contributed by atoms with Crippen LogP contribution < -0.4 is 5.32 Å². The highest BCUT2D eigenvalue weighted by Crippen LogP contribution is 2.43. The highest BCUT2D eigenvalue weighted by atomic mass is 16.5. The molecule has 2 heterocycles. The van der Waals surface area contributed by atoms with E-state index in [1.165, 1.54) is 0 Å². The van der Waals surface area contributed by atoms with Crippen molar-refractivity contribution in [1.82, 2.24) is 10.3 Å². The Hall–Kier alpha value is -1.75. The number of amides is 1. The molecule has 122 valence electrons. The van der Waals surface area contributed by atoms with E-state index in [9.17, 15) is 9.59 Å². The van der Waals surface area contributed by atoms with Gasteiger partial charge >= 0.3 is 0 Å². The number of carbonyl (C=O) groups is 2. The molecule has 2 fully saturated rings. The Bertz CT molecular complexity index is 646. The van der Waals surface area contributed by atoms with Crippen LogP contribution in [0.2, 0.25) is 0 Å². The third-order valence-corrected chi connectivity index (χ3v) is 4.99. The number of ketones is 1. The predicted molar refractivity (Wildman–Crippen MR) is 84.8 cm³/mol. The normalized spacial score (nSPS) is 23.7. The molecule has 1 aromatic rings. The summed E-state index contributed by atoms with van der Waals surface area (Å²) >= 11 is 0. The summed E-state index contributed by atoms with van der Waals surface area (Å²) in [5.74, 6) is 0.494. The summed E-state index contributed by atoms with van der Waals surface area (Å²) < 4.78 is 5.54. The van der Waals surface area contributed by atoms with Crippen LogP contribution in [0, 0.1) is 0 Å². The van der Waals surface area contributed by atoms with Crippen LogP contribution in [0.25, 0.3) is 0 Å². The molecule has 5 heteroatoms. The molecule has 0 radical (unpaired) electrons. The van der Waals surface area contributed by atoms with Crippen molar-refractivity contribution in [2.24, 2.45) is 0 Å². The van der Waals surface area contributed by atoms with Crippen LogP contribution in [0.4, 0.5) is 0 Å². The molecule has 0 spiro atoms. The van der Waals surface area contributed by atoms with Crippen LogP contribution in [-0.4, -0.2) is 35.9 Å². The summed E-state index contributed by atoms with van der Waals surface area (Å²) in [6, 6.07) is 1.85. The van der Waals surface area contributed by atoms with Gasteiger partial charge < -0.3 is 10.1 Å². The van der Waals surface area contributed by atoms with Gasteiger partial charge in [-0.1, -0.05) is 0 Å².